The molecule has 0 aliphatic carbocycles. The van der Waals surface area contributed by atoms with E-state index in [1.54, 1.807) is 0 Å². The summed E-state index contributed by atoms with van der Waals surface area (Å²) in [6, 6.07) is 0. The molecule has 0 aromatic rings. The molecule has 0 aliphatic rings. The summed E-state index contributed by atoms with van der Waals surface area (Å²) >= 11 is 0. The van der Waals surface area contributed by atoms with Gasteiger partial charge in [-0.3, -0.25) is 4.57 Å². The maximum atomic E-state index is 10.4. The molecule has 0 atom stereocenters. The standard InChI is InChI=1S/C8H19O3P.Zn/c1-2-3-4-5-6-7-8-12(9,10)11;/h2-8H2,1H3,(H2,9,10,11);. The van der Waals surface area contributed by atoms with Crippen LogP contribution in [-0.2, 0) is 24.0 Å². The Hall–Kier alpha value is 0.773. The van der Waals surface area contributed by atoms with Crippen LogP contribution in [-0.4, -0.2) is 15.9 Å². The number of hydrogen-bond donors (Lipinski definition) is 2. The molecule has 0 radical (unpaired) electrons. The van der Waals surface area contributed by atoms with E-state index >= 15 is 0 Å². The van der Waals surface area contributed by atoms with Crippen LogP contribution in [0.4, 0.5) is 0 Å². The fourth-order valence-corrected chi connectivity index (χ4v) is 1.73. The van der Waals surface area contributed by atoms with Crippen molar-refractivity contribution in [3.8, 4) is 0 Å². The largest absolute Gasteiger partial charge is 0.325 e. The van der Waals surface area contributed by atoms with Crippen molar-refractivity contribution in [1.82, 2.24) is 0 Å². The zero-order valence-electron chi connectivity index (χ0n) is 8.41. The summed E-state index contributed by atoms with van der Waals surface area (Å²) in [4.78, 5) is 17.1. The Bertz CT molecular complexity index is 146. The molecule has 0 saturated heterocycles. The fraction of sp³-hybridized carbons (Fsp3) is 1.00. The summed E-state index contributed by atoms with van der Waals surface area (Å²) in [6.07, 6.45) is 6.40. The van der Waals surface area contributed by atoms with Gasteiger partial charge in [-0.15, -0.1) is 0 Å². The van der Waals surface area contributed by atoms with Crippen molar-refractivity contribution >= 4 is 7.60 Å². The molecule has 0 aromatic carbocycles. The molecule has 0 rings (SSSR count). The maximum absolute atomic E-state index is 10.4. The van der Waals surface area contributed by atoms with Crippen LogP contribution in [0.3, 0.4) is 0 Å². The van der Waals surface area contributed by atoms with E-state index in [0.29, 0.717) is 6.42 Å². The predicted octanol–water partition coefficient (Wildman–Crippen LogP) is 2.52. The van der Waals surface area contributed by atoms with Gasteiger partial charge in [0.1, 0.15) is 0 Å². The zero-order chi connectivity index (χ0) is 9.45. The second-order valence-corrected chi connectivity index (χ2v) is 4.93. The van der Waals surface area contributed by atoms with Crippen LogP contribution in [0, 0.1) is 0 Å². The summed E-state index contributed by atoms with van der Waals surface area (Å²) in [5.74, 6) is 0. The van der Waals surface area contributed by atoms with Gasteiger partial charge in [0.25, 0.3) is 0 Å². The molecule has 5 heteroatoms. The molecule has 2 N–H and O–H groups in total. The molecule has 0 saturated carbocycles. The van der Waals surface area contributed by atoms with Crippen LogP contribution in [0.15, 0.2) is 0 Å². The van der Waals surface area contributed by atoms with Crippen molar-refractivity contribution in [3.63, 3.8) is 0 Å². The van der Waals surface area contributed by atoms with Crippen molar-refractivity contribution in [1.29, 1.82) is 0 Å². The minimum absolute atomic E-state index is 0. The molecule has 0 spiro atoms. The normalized spacial score (nSPS) is 11.0. The first kappa shape index (κ1) is 16.2. The van der Waals surface area contributed by atoms with E-state index < -0.39 is 7.60 Å². The van der Waals surface area contributed by atoms with E-state index in [1.807, 2.05) is 0 Å². The van der Waals surface area contributed by atoms with E-state index in [0.717, 1.165) is 12.8 Å². The first-order valence-electron chi connectivity index (χ1n) is 4.61. The summed E-state index contributed by atoms with van der Waals surface area (Å²) in [7, 11) is -3.72. The summed E-state index contributed by atoms with van der Waals surface area (Å²) < 4.78 is 10.4. The molecule has 0 heterocycles. The first-order valence-corrected chi connectivity index (χ1v) is 6.40. The monoisotopic (exact) mass is 258 g/mol. The molecule has 0 unspecified atom stereocenters. The molecule has 13 heavy (non-hydrogen) atoms. The van der Waals surface area contributed by atoms with Crippen LogP contribution >= 0.6 is 7.60 Å². The van der Waals surface area contributed by atoms with Crippen LogP contribution in [0.25, 0.3) is 0 Å². The Morgan fingerprint density at radius 2 is 1.46 bits per heavy atom. The van der Waals surface area contributed by atoms with Gasteiger partial charge < -0.3 is 9.79 Å². The smallest absolute Gasteiger partial charge is 0.324 e. The van der Waals surface area contributed by atoms with E-state index in [4.69, 9.17) is 9.79 Å². The van der Waals surface area contributed by atoms with Gasteiger partial charge in [0.2, 0.25) is 0 Å². The zero-order valence-corrected chi connectivity index (χ0v) is 12.3. The maximum Gasteiger partial charge on any atom is 0.325 e. The predicted molar refractivity (Wildman–Crippen MR) is 50.3 cm³/mol. The molecular formula is C8H19O3PZn. The Morgan fingerprint density at radius 1 is 1.00 bits per heavy atom. The SMILES string of the molecule is CCCCCCCCP(=O)(O)O.[Zn]. The Balaban J connectivity index is 0. The Labute approximate surface area is 93.2 Å². The van der Waals surface area contributed by atoms with Gasteiger partial charge in [-0.1, -0.05) is 39.0 Å². The molecule has 0 aliphatic heterocycles. The minimum Gasteiger partial charge on any atom is -0.324 e. The van der Waals surface area contributed by atoms with Crippen LogP contribution in [0.1, 0.15) is 45.4 Å². The number of rotatable bonds is 7. The van der Waals surface area contributed by atoms with Crippen molar-refractivity contribution in [2.75, 3.05) is 6.16 Å². The molecule has 0 amide bonds. The van der Waals surface area contributed by atoms with Gasteiger partial charge in [-0.05, 0) is 6.42 Å². The van der Waals surface area contributed by atoms with Crippen molar-refractivity contribution in [3.05, 3.63) is 0 Å². The molecule has 0 fully saturated rings. The third-order valence-electron chi connectivity index (χ3n) is 1.80. The first-order chi connectivity index (χ1) is 5.56. The van der Waals surface area contributed by atoms with Crippen molar-refractivity contribution in [2.45, 2.75) is 45.4 Å². The molecule has 3 nitrogen and oxygen atoms in total. The van der Waals surface area contributed by atoms with Crippen LogP contribution in [0.2, 0.25) is 0 Å². The average molecular weight is 260 g/mol. The van der Waals surface area contributed by atoms with E-state index in [-0.39, 0.29) is 25.6 Å². The fourth-order valence-electron chi connectivity index (χ4n) is 1.10. The van der Waals surface area contributed by atoms with Gasteiger partial charge in [0.05, 0.1) is 0 Å². The average Bonchev–Trinajstić information content (AvgIpc) is 1.94. The van der Waals surface area contributed by atoms with E-state index in [9.17, 15) is 4.57 Å². The van der Waals surface area contributed by atoms with Gasteiger partial charge in [-0.25, -0.2) is 0 Å². The minimum atomic E-state index is -3.72. The Morgan fingerprint density at radius 3 is 1.92 bits per heavy atom. The third-order valence-corrected chi connectivity index (χ3v) is 2.70. The van der Waals surface area contributed by atoms with Crippen molar-refractivity contribution < 1.29 is 33.8 Å². The van der Waals surface area contributed by atoms with Gasteiger partial charge in [0, 0.05) is 25.6 Å². The Kier molecular flexibility index (Phi) is 11.6. The molecule has 0 aromatic heterocycles. The molecular weight excluding hydrogens is 240 g/mol. The summed E-state index contributed by atoms with van der Waals surface area (Å²) in [5.41, 5.74) is 0. The van der Waals surface area contributed by atoms with Gasteiger partial charge in [-0.2, -0.15) is 0 Å². The summed E-state index contributed by atoms with van der Waals surface area (Å²) in [6.45, 7) is 2.15. The van der Waals surface area contributed by atoms with E-state index in [1.165, 1.54) is 19.3 Å². The summed E-state index contributed by atoms with van der Waals surface area (Å²) in [5, 5.41) is 0. The topological polar surface area (TPSA) is 57.5 Å². The number of hydrogen-bond acceptors (Lipinski definition) is 1. The third kappa shape index (κ3) is 15.5. The quantitative estimate of drug-likeness (QED) is 0.420. The number of unbranched alkanes of at least 4 members (excludes halogenated alkanes) is 5. The molecule has 0 bridgehead atoms. The van der Waals surface area contributed by atoms with E-state index in [2.05, 4.69) is 6.92 Å². The van der Waals surface area contributed by atoms with Crippen LogP contribution < -0.4 is 0 Å². The molecule has 76 valence electrons. The second-order valence-electron chi connectivity index (χ2n) is 3.16. The second kappa shape index (κ2) is 9.33. The van der Waals surface area contributed by atoms with Crippen molar-refractivity contribution in [2.24, 2.45) is 0 Å². The van der Waals surface area contributed by atoms with Gasteiger partial charge in [0.15, 0.2) is 0 Å². The van der Waals surface area contributed by atoms with Crippen LogP contribution in [0.5, 0.6) is 0 Å². The van der Waals surface area contributed by atoms with Gasteiger partial charge >= 0.3 is 7.60 Å².